The highest BCUT2D eigenvalue weighted by atomic mass is 32.2. The summed E-state index contributed by atoms with van der Waals surface area (Å²) in [7, 11) is 1.64. The van der Waals surface area contributed by atoms with Gasteiger partial charge in [0.2, 0.25) is 5.91 Å². The van der Waals surface area contributed by atoms with Gasteiger partial charge in [0, 0.05) is 31.1 Å². The van der Waals surface area contributed by atoms with Crippen LogP contribution in [0, 0.1) is 5.92 Å². The average Bonchev–Trinajstić information content (AvgIpc) is 2.94. The van der Waals surface area contributed by atoms with Crippen molar-refractivity contribution in [3.8, 4) is 0 Å². The maximum atomic E-state index is 12.2. The summed E-state index contributed by atoms with van der Waals surface area (Å²) in [6, 6.07) is 0. The van der Waals surface area contributed by atoms with Crippen LogP contribution in [0.5, 0.6) is 0 Å². The van der Waals surface area contributed by atoms with Gasteiger partial charge < -0.3 is 10.4 Å². The topological polar surface area (TPSA) is 97.1 Å². The third kappa shape index (κ3) is 4.46. The maximum Gasteiger partial charge on any atom is 0.325 e. The number of nitrogens with zero attached hydrogens (tertiary/aromatic N) is 3. The Bertz CT molecular complexity index is 561. The van der Waals surface area contributed by atoms with Gasteiger partial charge >= 0.3 is 5.97 Å². The Kier molecular flexibility index (Phi) is 6.44. The van der Waals surface area contributed by atoms with Gasteiger partial charge in [0.1, 0.15) is 12.4 Å². The van der Waals surface area contributed by atoms with Gasteiger partial charge in [0.25, 0.3) is 0 Å². The number of aromatic nitrogens is 3. The summed E-state index contributed by atoms with van der Waals surface area (Å²) in [6.45, 7) is -0.210. The summed E-state index contributed by atoms with van der Waals surface area (Å²) in [4.78, 5) is 27.9. The van der Waals surface area contributed by atoms with Gasteiger partial charge in [-0.05, 0) is 19.1 Å². The first-order chi connectivity index (χ1) is 11.1. The predicted octanol–water partition coefficient (Wildman–Crippen LogP) is 1.29. The molecule has 0 bridgehead atoms. The number of carbonyl (C=O) groups is 2. The number of thioether (sulfide) groups is 1. The van der Waals surface area contributed by atoms with E-state index >= 15 is 0 Å². The van der Waals surface area contributed by atoms with Crippen molar-refractivity contribution in [2.75, 3.05) is 19.1 Å². The molecule has 0 aliphatic heterocycles. The Morgan fingerprint density at radius 3 is 2.78 bits per heavy atom. The second-order valence-electron chi connectivity index (χ2n) is 5.79. The number of carboxylic acid groups (broad SMARTS) is 1. The number of hydrogen-bond acceptors (Lipinski definition) is 5. The van der Waals surface area contributed by atoms with Gasteiger partial charge in [-0.3, -0.25) is 9.59 Å². The van der Waals surface area contributed by atoms with Gasteiger partial charge in [-0.2, -0.15) is 16.9 Å². The monoisotopic (exact) mass is 340 g/mol. The Labute approximate surface area is 140 Å². The summed E-state index contributed by atoms with van der Waals surface area (Å²) in [5.74, 6) is 1.05. The molecule has 2 atom stereocenters. The molecule has 1 aromatic heterocycles. The number of nitrogens with one attached hydrogen (secondary N) is 1. The minimum Gasteiger partial charge on any atom is -0.480 e. The molecular formula is C15H24N4O3S. The van der Waals surface area contributed by atoms with Crippen molar-refractivity contribution in [3.05, 3.63) is 11.6 Å². The highest BCUT2D eigenvalue weighted by Gasteiger charge is 2.35. The van der Waals surface area contributed by atoms with Crippen LogP contribution in [0.15, 0.2) is 0 Å². The quantitative estimate of drug-likeness (QED) is 0.776. The molecule has 0 aromatic carbocycles. The number of carboxylic acids is 1. The van der Waals surface area contributed by atoms with E-state index in [2.05, 4.69) is 15.4 Å². The van der Waals surface area contributed by atoms with Gasteiger partial charge in [-0.1, -0.05) is 12.8 Å². The van der Waals surface area contributed by atoms with E-state index in [4.69, 9.17) is 5.11 Å². The molecule has 1 saturated carbocycles. The molecule has 23 heavy (non-hydrogen) atoms. The molecule has 0 unspecified atom stereocenters. The van der Waals surface area contributed by atoms with Crippen LogP contribution in [0.4, 0.5) is 0 Å². The van der Waals surface area contributed by atoms with Crippen LogP contribution >= 0.6 is 11.8 Å². The summed E-state index contributed by atoms with van der Waals surface area (Å²) in [5.41, 5.74) is 0. The molecule has 1 aromatic rings. The number of rotatable bonds is 7. The molecule has 1 fully saturated rings. The molecule has 0 radical (unpaired) electrons. The standard InChI is InChI=1S/C15H24N4O3S/c1-16-15(22)11-6-4-3-5-10(11)14-17-12(7-8-23-2)18-19(14)9-13(20)21/h10-11H,3-9H2,1-2H3,(H,16,22)(H,20,21)/t10-,11+/m0/s1. The second kappa shape index (κ2) is 8.33. The number of aliphatic carboxylic acids is 1. The zero-order valence-corrected chi connectivity index (χ0v) is 14.4. The Balaban J connectivity index is 2.31. The largest absolute Gasteiger partial charge is 0.480 e. The van der Waals surface area contributed by atoms with Crippen LogP contribution in [0.25, 0.3) is 0 Å². The number of hydrogen-bond donors (Lipinski definition) is 2. The van der Waals surface area contributed by atoms with Gasteiger partial charge in [0.15, 0.2) is 5.82 Å². The van der Waals surface area contributed by atoms with Gasteiger partial charge in [0.05, 0.1) is 0 Å². The molecular weight excluding hydrogens is 316 g/mol. The van der Waals surface area contributed by atoms with E-state index in [9.17, 15) is 9.59 Å². The fraction of sp³-hybridized carbons (Fsp3) is 0.733. The SMILES string of the molecule is CNC(=O)[C@@H]1CCCC[C@@H]1c1nc(CCSC)nn1CC(=O)O. The summed E-state index contributed by atoms with van der Waals surface area (Å²) >= 11 is 1.70. The Morgan fingerprint density at radius 1 is 1.39 bits per heavy atom. The number of carbonyl (C=O) groups excluding carboxylic acids is 1. The second-order valence-corrected chi connectivity index (χ2v) is 6.78. The molecule has 8 heteroatoms. The molecule has 1 heterocycles. The van der Waals surface area contributed by atoms with Crippen molar-refractivity contribution in [1.29, 1.82) is 0 Å². The van der Waals surface area contributed by atoms with E-state index in [1.165, 1.54) is 4.68 Å². The van der Waals surface area contributed by atoms with Crippen molar-refractivity contribution < 1.29 is 14.7 Å². The van der Waals surface area contributed by atoms with E-state index in [0.717, 1.165) is 31.4 Å². The summed E-state index contributed by atoms with van der Waals surface area (Å²) < 4.78 is 1.48. The lowest BCUT2D eigenvalue weighted by molar-refractivity contribution is -0.138. The first-order valence-electron chi connectivity index (χ1n) is 7.92. The van der Waals surface area contributed by atoms with Crippen molar-refractivity contribution >= 4 is 23.6 Å². The highest BCUT2D eigenvalue weighted by molar-refractivity contribution is 7.98. The average molecular weight is 340 g/mol. The van der Waals surface area contributed by atoms with E-state index < -0.39 is 5.97 Å². The van der Waals surface area contributed by atoms with Gasteiger partial charge in [-0.15, -0.1) is 0 Å². The van der Waals surface area contributed by atoms with Crippen LogP contribution in [0.2, 0.25) is 0 Å². The molecule has 1 aliphatic rings. The van der Waals surface area contributed by atoms with Crippen molar-refractivity contribution in [1.82, 2.24) is 20.1 Å². The summed E-state index contributed by atoms with van der Waals surface area (Å²) in [5, 5.41) is 16.2. The molecule has 7 nitrogen and oxygen atoms in total. The Morgan fingerprint density at radius 2 is 2.13 bits per heavy atom. The van der Waals surface area contributed by atoms with Crippen LogP contribution in [0.3, 0.4) is 0 Å². The fourth-order valence-electron chi connectivity index (χ4n) is 3.16. The first kappa shape index (κ1) is 17.8. The van der Waals surface area contributed by atoms with Crippen molar-refractivity contribution in [2.45, 2.75) is 44.6 Å². The van der Waals surface area contributed by atoms with Crippen LogP contribution in [-0.2, 0) is 22.6 Å². The highest BCUT2D eigenvalue weighted by Crippen LogP contribution is 2.37. The predicted molar refractivity (Wildman–Crippen MR) is 88.5 cm³/mol. The molecule has 2 rings (SSSR count). The maximum absolute atomic E-state index is 12.2. The molecule has 1 aliphatic carbocycles. The molecule has 0 spiro atoms. The van der Waals surface area contributed by atoms with Gasteiger partial charge in [-0.25, -0.2) is 9.67 Å². The van der Waals surface area contributed by atoms with E-state index in [-0.39, 0.29) is 24.3 Å². The minimum atomic E-state index is -0.945. The molecule has 128 valence electrons. The lowest BCUT2D eigenvalue weighted by atomic mass is 9.78. The first-order valence-corrected chi connectivity index (χ1v) is 9.32. The normalized spacial score (nSPS) is 21.1. The van der Waals surface area contributed by atoms with Crippen molar-refractivity contribution in [3.63, 3.8) is 0 Å². The molecule has 2 N–H and O–H groups in total. The van der Waals surface area contributed by atoms with Crippen LogP contribution in [-0.4, -0.2) is 50.8 Å². The molecule has 1 amide bonds. The zero-order chi connectivity index (χ0) is 16.8. The van der Waals surface area contributed by atoms with Crippen LogP contribution in [0.1, 0.15) is 43.3 Å². The Hall–Kier alpha value is -1.57. The fourth-order valence-corrected chi connectivity index (χ4v) is 3.55. The smallest absolute Gasteiger partial charge is 0.325 e. The van der Waals surface area contributed by atoms with E-state index in [1.807, 2.05) is 6.26 Å². The third-order valence-electron chi connectivity index (χ3n) is 4.24. The van der Waals surface area contributed by atoms with Crippen molar-refractivity contribution in [2.24, 2.45) is 5.92 Å². The van der Waals surface area contributed by atoms with E-state index in [0.29, 0.717) is 18.1 Å². The zero-order valence-electron chi connectivity index (χ0n) is 13.6. The minimum absolute atomic E-state index is 0.00485. The molecule has 0 saturated heterocycles. The lowest BCUT2D eigenvalue weighted by Gasteiger charge is -2.29. The summed E-state index contributed by atoms with van der Waals surface area (Å²) in [6.07, 6.45) is 6.41. The lowest BCUT2D eigenvalue weighted by Crippen LogP contribution is -2.35. The van der Waals surface area contributed by atoms with Crippen LogP contribution < -0.4 is 5.32 Å². The third-order valence-corrected chi connectivity index (χ3v) is 4.85. The number of aryl methyl sites for hydroxylation is 1. The number of amides is 1. The van der Waals surface area contributed by atoms with E-state index in [1.54, 1.807) is 18.8 Å².